The Bertz CT molecular complexity index is 1120. The van der Waals surface area contributed by atoms with Crippen LogP contribution in [-0.2, 0) is 17.8 Å². The smallest absolute Gasteiger partial charge is 0.322 e. The Morgan fingerprint density at radius 2 is 1.72 bits per heavy atom. The van der Waals surface area contributed by atoms with E-state index in [9.17, 15) is 9.59 Å². The number of rotatable bonds is 12. The van der Waals surface area contributed by atoms with Crippen LogP contribution in [0.2, 0.25) is 0 Å². The molecule has 2 aromatic carbocycles. The molecule has 0 radical (unpaired) electrons. The number of hydrogen-bond acceptors (Lipinski definition) is 5. The summed E-state index contributed by atoms with van der Waals surface area (Å²) in [4.78, 5) is 30.9. The maximum atomic E-state index is 13.5. The lowest BCUT2D eigenvalue weighted by molar-refractivity contribution is -0.132. The average Bonchev–Trinajstić information content (AvgIpc) is 3.40. The number of anilines is 1. The van der Waals surface area contributed by atoms with Crippen LogP contribution in [0.4, 0.5) is 10.5 Å². The normalized spacial score (nSPS) is 10.6. The van der Waals surface area contributed by atoms with Gasteiger partial charge in [0, 0.05) is 28.1 Å². The van der Waals surface area contributed by atoms with Crippen LogP contribution >= 0.6 is 27.3 Å². The Morgan fingerprint density at radius 3 is 2.36 bits per heavy atom. The molecule has 9 heteroatoms. The standard InChI is InChI=1S/C27H32BrN3O4S/c1-4-14-31(27(33)29-22-10-8-21(28)9-11-22)19-26(32)30(18-23-6-5-16-36-23)15-13-20-7-12-24(34-2)25(17-20)35-3/h5-12,16-17H,4,13-15,18-19H2,1-3H3,(H,29,33). The zero-order chi connectivity index (χ0) is 25.9. The molecule has 0 aliphatic rings. The highest BCUT2D eigenvalue weighted by atomic mass is 79.9. The van der Waals surface area contributed by atoms with Crippen molar-refractivity contribution in [3.63, 3.8) is 0 Å². The van der Waals surface area contributed by atoms with Crippen molar-refractivity contribution < 1.29 is 19.1 Å². The minimum Gasteiger partial charge on any atom is -0.493 e. The largest absolute Gasteiger partial charge is 0.493 e. The number of thiophene rings is 1. The third-order valence-corrected chi connectivity index (χ3v) is 6.99. The molecule has 0 atom stereocenters. The number of nitrogens with one attached hydrogen (secondary N) is 1. The second-order valence-electron chi connectivity index (χ2n) is 8.19. The summed E-state index contributed by atoms with van der Waals surface area (Å²) in [6.07, 6.45) is 1.40. The lowest BCUT2D eigenvalue weighted by Gasteiger charge is -2.27. The van der Waals surface area contributed by atoms with Gasteiger partial charge in [0.25, 0.3) is 0 Å². The Kier molecular flexibility index (Phi) is 10.6. The summed E-state index contributed by atoms with van der Waals surface area (Å²) in [6, 6.07) is 16.9. The summed E-state index contributed by atoms with van der Waals surface area (Å²) in [5.41, 5.74) is 1.72. The molecule has 3 rings (SSSR count). The zero-order valence-corrected chi connectivity index (χ0v) is 23.2. The van der Waals surface area contributed by atoms with Crippen molar-refractivity contribution in [2.24, 2.45) is 0 Å². The van der Waals surface area contributed by atoms with Gasteiger partial charge in [-0.3, -0.25) is 4.79 Å². The van der Waals surface area contributed by atoms with E-state index in [1.165, 1.54) is 0 Å². The highest BCUT2D eigenvalue weighted by Gasteiger charge is 2.22. The van der Waals surface area contributed by atoms with Crippen LogP contribution in [0.1, 0.15) is 23.8 Å². The number of benzene rings is 2. The maximum Gasteiger partial charge on any atom is 0.322 e. The first-order chi connectivity index (χ1) is 17.4. The third-order valence-electron chi connectivity index (χ3n) is 5.60. The molecular weight excluding hydrogens is 542 g/mol. The second kappa shape index (κ2) is 13.9. The molecule has 1 aromatic heterocycles. The van der Waals surface area contributed by atoms with E-state index in [0.29, 0.717) is 43.2 Å². The Labute approximate surface area is 225 Å². The van der Waals surface area contributed by atoms with Crippen molar-refractivity contribution in [2.45, 2.75) is 26.3 Å². The van der Waals surface area contributed by atoms with Gasteiger partial charge in [0.1, 0.15) is 6.54 Å². The molecule has 0 bridgehead atoms. The molecule has 0 aliphatic heterocycles. The summed E-state index contributed by atoms with van der Waals surface area (Å²) in [5, 5.41) is 4.90. The molecule has 0 spiro atoms. The molecule has 0 saturated heterocycles. The van der Waals surface area contributed by atoms with Crippen molar-refractivity contribution in [3.8, 4) is 11.5 Å². The lowest BCUT2D eigenvalue weighted by Crippen LogP contribution is -2.45. The number of carbonyl (C=O) groups is 2. The van der Waals surface area contributed by atoms with E-state index >= 15 is 0 Å². The number of nitrogens with zero attached hydrogens (tertiary/aromatic N) is 2. The van der Waals surface area contributed by atoms with Crippen LogP contribution in [-0.4, -0.2) is 55.6 Å². The first-order valence-electron chi connectivity index (χ1n) is 11.8. The molecular formula is C27H32BrN3O4S. The minimum absolute atomic E-state index is 0.00745. The Hall–Kier alpha value is -3.04. The van der Waals surface area contributed by atoms with Crippen molar-refractivity contribution in [2.75, 3.05) is 39.2 Å². The predicted octanol–water partition coefficient (Wildman–Crippen LogP) is 6.04. The molecule has 0 unspecified atom stereocenters. The third kappa shape index (κ3) is 7.99. The van der Waals surface area contributed by atoms with E-state index in [4.69, 9.17) is 9.47 Å². The Balaban J connectivity index is 1.71. The van der Waals surface area contributed by atoms with Gasteiger partial charge in [0.15, 0.2) is 11.5 Å². The quantitative estimate of drug-likeness (QED) is 0.286. The molecule has 1 N–H and O–H groups in total. The van der Waals surface area contributed by atoms with E-state index in [2.05, 4.69) is 21.2 Å². The molecule has 3 aromatic rings. The van der Waals surface area contributed by atoms with Gasteiger partial charge in [-0.25, -0.2) is 4.79 Å². The maximum absolute atomic E-state index is 13.5. The fraction of sp³-hybridized carbons (Fsp3) is 0.333. The average molecular weight is 575 g/mol. The summed E-state index contributed by atoms with van der Waals surface area (Å²) in [6.45, 7) is 3.49. The van der Waals surface area contributed by atoms with E-state index in [1.807, 2.05) is 71.8 Å². The highest BCUT2D eigenvalue weighted by Crippen LogP contribution is 2.28. The van der Waals surface area contributed by atoms with E-state index < -0.39 is 0 Å². The number of hydrogen-bond donors (Lipinski definition) is 1. The molecule has 1 heterocycles. The van der Waals surface area contributed by atoms with Gasteiger partial charge in [-0.15, -0.1) is 11.3 Å². The molecule has 0 fully saturated rings. The van der Waals surface area contributed by atoms with Crippen molar-refractivity contribution in [3.05, 3.63) is 74.9 Å². The molecule has 3 amide bonds. The number of methoxy groups -OCH3 is 2. The zero-order valence-electron chi connectivity index (χ0n) is 20.8. The van der Waals surface area contributed by atoms with E-state index in [1.54, 1.807) is 30.5 Å². The van der Waals surface area contributed by atoms with Gasteiger partial charge in [-0.2, -0.15) is 0 Å². The first-order valence-corrected chi connectivity index (χ1v) is 13.4. The van der Waals surface area contributed by atoms with Crippen LogP contribution in [0.5, 0.6) is 11.5 Å². The van der Waals surface area contributed by atoms with Gasteiger partial charge < -0.3 is 24.6 Å². The predicted molar refractivity (Wildman–Crippen MR) is 148 cm³/mol. The fourth-order valence-corrected chi connectivity index (χ4v) is 4.69. The van der Waals surface area contributed by atoms with Crippen LogP contribution in [0, 0.1) is 0 Å². The van der Waals surface area contributed by atoms with Gasteiger partial charge in [0.05, 0.1) is 20.8 Å². The number of carbonyl (C=O) groups excluding carboxylic acids is 2. The van der Waals surface area contributed by atoms with E-state index in [-0.39, 0.29) is 18.5 Å². The van der Waals surface area contributed by atoms with Gasteiger partial charge in [0.2, 0.25) is 5.91 Å². The lowest BCUT2D eigenvalue weighted by atomic mass is 10.1. The number of amides is 3. The first kappa shape index (κ1) is 27.5. The summed E-state index contributed by atoms with van der Waals surface area (Å²) >= 11 is 5.01. The van der Waals surface area contributed by atoms with Crippen LogP contribution < -0.4 is 14.8 Å². The molecule has 7 nitrogen and oxygen atoms in total. The second-order valence-corrected chi connectivity index (χ2v) is 10.1. The highest BCUT2D eigenvalue weighted by molar-refractivity contribution is 9.10. The van der Waals surface area contributed by atoms with Crippen molar-refractivity contribution in [1.29, 1.82) is 0 Å². The Morgan fingerprint density at radius 1 is 0.972 bits per heavy atom. The van der Waals surface area contributed by atoms with Crippen molar-refractivity contribution >= 4 is 44.9 Å². The van der Waals surface area contributed by atoms with Crippen LogP contribution in [0.15, 0.2) is 64.5 Å². The number of halogens is 1. The number of ether oxygens (including phenoxy) is 2. The summed E-state index contributed by atoms with van der Waals surface area (Å²) in [5.74, 6) is 1.23. The SMILES string of the molecule is CCCN(CC(=O)N(CCc1ccc(OC)c(OC)c1)Cc1cccs1)C(=O)Nc1ccc(Br)cc1. The van der Waals surface area contributed by atoms with Gasteiger partial charge in [-0.05, 0) is 66.2 Å². The van der Waals surface area contributed by atoms with Gasteiger partial charge >= 0.3 is 6.03 Å². The molecule has 0 saturated carbocycles. The molecule has 192 valence electrons. The minimum atomic E-state index is -0.288. The molecule has 0 aliphatic carbocycles. The van der Waals surface area contributed by atoms with Crippen LogP contribution in [0.25, 0.3) is 0 Å². The number of urea groups is 1. The van der Waals surface area contributed by atoms with E-state index in [0.717, 1.165) is 21.3 Å². The summed E-state index contributed by atoms with van der Waals surface area (Å²) in [7, 11) is 3.21. The van der Waals surface area contributed by atoms with Crippen LogP contribution in [0.3, 0.4) is 0 Å². The molecule has 36 heavy (non-hydrogen) atoms. The van der Waals surface area contributed by atoms with Gasteiger partial charge in [-0.1, -0.05) is 35.0 Å². The summed E-state index contributed by atoms with van der Waals surface area (Å²) < 4.78 is 11.7. The fourth-order valence-electron chi connectivity index (χ4n) is 3.70. The van der Waals surface area contributed by atoms with Crippen molar-refractivity contribution in [1.82, 2.24) is 9.80 Å². The topological polar surface area (TPSA) is 71.1 Å². The monoisotopic (exact) mass is 573 g/mol.